The Kier molecular flexibility index (Phi) is 19.3. The van der Waals surface area contributed by atoms with E-state index in [1.165, 1.54) is 0 Å². The van der Waals surface area contributed by atoms with Gasteiger partial charge < -0.3 is 18.9 Å². The van der Waals surface area contributed by atoms with E-state index in [9.17, 15) is 14.4 Å². The first-order valence-electron chi connectivity index (χ1n) is 2.29. The van der Waals surface area contributed by atoms with Crippen LogP contribution >= 0.6 is 30.4 Å². The van der Waals surface area contributed by atoms with E-state index in [1.807, 2.05) is 0 Å². The molecule has 0 N–H and O–H groups in total. The molecule has 0 fully saturated rings. The molecule has 0 aliphatic rings. The molecule has 0 aliphatic carbocycles. The van der Waals surface area contributed by atoms with Crippen LogP contribution in [0.15, 0.2) is 0 Å². The van der Waals surface area contributed by atoms with E-state index >= 15 is 0 Å². The Hall–Kier alpha value is 2.84. The van der Waals surface area contributed by atoms with E-state index in [-0.39, 0.29) is 65.7 Å². The molecule has 0 spiro atoms. The van der Waals surface area contributed by atoms with Crippen molar-refractivity contribution in [3.63, 3.8) is 0 Å². The van der Waals surface area contributed by atoms with Crippen molar-refractivity contribution in [2.45, 2.75) is 6.42 Å². The predicted molar refractivity (Wildman–Crippen MR) is 37.1 cm³/mol. The fraction of sp³-hybridized carbons (Fsp3) is 1.00. The Morgan fingerprint density at radius 2 is 1.82 bits per heavy atom. The number of halogens is 1. The first-order chi connectivity index (χ1) is 4.06. The van der Waals surface area contributed by atoms with E-state index < -0.39 is 7.82 Å². The molecule has 0 aliphatic heterocycles. The minimum atomic E-state index is -4.70. The number of alkyl halides is 1. The molecule has 0 atom stereocenters. The molecule has 8 heteroatoms. The van der Waals surface area contributed by atoms with Crippen LogP contribution in [-0.2, 0) is 9.09 Å². The molecule has 0 rings (SSSR count). The second-order valence-corrected chi connectivity index (χ2v) is 3.55. The number of phosphoric acid groups is 1. The molecular weight excluding hydrogens is 304 g/mol. The van der Waals surface area contributed by atoms with Crippen LogP contribution in [-0.4, -0.2) is 11.0 Å². The molecule has 0 saturated carbocycles. The summed E-state index contributed by atoms with van der Waals surface area (Å²) < 4.78 is 14.5. The van der Waals surface area contributed by atoms with E-state index in [2.05, 4.69) is 27.1 Å². The van der Waals surface area contributed by atoms with Gasteiger partial charge in [-0.3, -0.25) is 0 Å². The van der Waals surface area contributed by atoms with E-state index in [4.69, 9.17) is 0 Å². The summed E-state index contributed by atoms with van der Waals surface area (Å²) in [4.78, 5) is 19.5. The van der Waals surface area contributed by atoms with Crippen molar-refractivity contribution >= 4 is 30.4 Å². The van der Waals surface area contributed by atoms with Gasteiger partial charge in [-0.25, -0.2) is 0 Å². The normalized spacial score (nSPS) is 9.73. The van der Waals surface area contributed by atoms with Crippen molar-refractivity contribution in [1.82, 2.24) is 0 Å². The summed E-state index contributed by atoms with van der Waals surface area (Å²) >= 11 is 2.07. The third kappa shape index (κ3) is 19.3. The summed E-state index contributed by atoms with van der Waals surface area (Å²) in [5, 5.41) is 0. The third-order valence-electron chi connectivity index (χ3n) is 0.527. The molecule has 0 aromatic carbocycles. The van der Waals surface area contributed by atoms with Crippen LogP contribution in [0, 0.1) is 0 Å². The monoisotopic (exact) mass is 310 g/mol. The van der Waals surface area contributed by atoms with Crippen molar-refractivity contribution in [2.75, 3.05) is 11.0 Å². The number of hydrogen-bond donors (Lipinski definition) is 0. The Morgan fingerprint density at radius 3 is 2.09 bits per heavy atom. The van der Waals surface area contributed by atoms with E-state index in [0.29, 0.717) is 6.42 Å². The molecule has 11 heavy (non-hydrogen) atoms. The average molecular weight is 310 g/mol. The number of hydrogen-bond acceptors (Lipinski definition) is 4. The van der Waals surface area contributed by atoms with Crippen LogP contribution in [0.5, 0.6) is 0 Å². The molecule has 0 saturated heterocycles. The second-order valence-electron chi connectivity index (χ2n) is 1.32. The van der Waals surface area contributed by atoms with Crippen molar-refractivity contribution in [3.05, 3.63) is 0 Å². The van der Waals surface area contributed by atoms with Crippen LogP contribution in [0.2, 0.25) is 0 Å². The Bertz CT molecular complexity index is 118. The SMILES string of the molecule is O=P([O-])([O-])OCCCI.[Na+].[Na+]. The molecule has 0 heterocycles. The average Bonchev–Trinajstić information content (AvgIpc) is 1.63. The van der Waals surface area contributed by atoms with Gasteiger partial charge in [-0.15, -0.1) is 0 Å². The van der Waals surface area contributed by atoms with Crippen LogP contribution in [0.25, 0.3) is 0 Å². The van der Waals surface area contributed by atoms with E-state index in [1.54, 1.807) is 0 Å². The third-order valence-corrected chi connectivity index (χ3v) is 1.79. The summed E-state index contributed by atoms with van der Waals surface area (Å²) in [7, 11) is -4.70. The maximum Gasteiger partial charge on any atom is 1.00 e. The van der Waals surface area contributed by atoms with Crippen molar-refractivity contribution in [3.8, 4) is 0 Å². The zero-order valence-electron chi connectivity index (χ0n) is 6.58. The van der Waals surface area contributed by atoms with Gasteiger partial charge >= 0.3 is 59.1 Å². The number of phosphoric ester groups is 1. The molecule has 0 aromatic rings. The summed E-state index contributed by atoms with van der Waals surface area (Å²) in [6.07, 6.45) is 0.592. The summed E-state index contributed by atoms with van der Waals surface area (Å²) in [6, 6.07) is 0. The Balaban J connectivity index is -0.000000320. The smallest absolute Gasteiger partial charge is 0.790 e. The van der Waals surface area contributed by atoms with Gasteiger partial charge in [0.15, 0.2) is 0 Å². The fourth-order valence-electron chi connectivity index (χ4n) is 0.231. The van der Waals surface area contributed by atoms with Gasteiger partial charge in [-0.1, -0.05) is 22.6 Å². The summed E-state index contributed by atoms with van der Waals surface area (Å²) in [5.74, 6) is 0. The van der Waals surface area contributed by atoms with E-state index in [0.717, 1.165) is 4.43 Å². The molecule has 0 amide bonds. The second kappa shape index (κ2) is 10.9. The van der Waals surface area contributed by atoms with Gasteiger partial charge in [0.2, 0.25) is 0 Å². The topological polar surface area (TPSA) is 72.4 Å². The largest absolute Gasteiger partial charge is 1.00 e. The minimum absolute atomic E-state index is 0. The maximum absolute atomic E-state index is 9.75. The predicted octanol–water partition coefficient (Wildman–Crippen LogP) is -6.34. The Labute approximate surface area is 124 Å². The van der Waals surface area contributed by atoms with Gasteiger partial charge in [-0.2, -0.15) is 0 Å². The van der Waals surface area contributed by atoms with Crippen LogP contribution in [0.3, 0.4) is 0 Å². The molecule has 0 radical (unpaired) electrons. The first kappa shape index (κ1) is 19.4. The van der Waals surface area contributed by atoms with Gasteiger partial charge in [-0.05, 0) is 6.42 Å². The van der Waals surface area contributed by atoms with Gasteiger partial charge in [0, 0.05) is 4.43 Å². The molecule has 0 aromatic heterocycles. The number of rotatable bonds is 4. The molecular formula is C3H6INa2O4P. The van der Waals surface area contributed by atoms with Gasteiger partial charge in [0.05, 0.1) is 14.4 Å². The molecule has 4 nitrogen and oxygen atoms in total. The van der Waals surface area contributed by atoms with Crippen LogP contribution in [0.1, 0.15) is 6.42 Å². The van der Waals surface area contributed by atoms with Gasteiger partial charge in [0.25, 0.3) is 0 Å². The Morgan fingerprint density at radius 1 is 1.36 bits per heavy atom. The molecule has 0 bridgehead atoms. The van der Waals surface area contributed by atoms with Gasteiger partial charge in [0.1, 0.15) is 0 Å². The standard InChI is InChI=1S/C3H8IO4P.2Na/c4-2-1-3-8-9(5,6)7;;/h1-3H2,(H2,5,6,7);;/q;2*+1/p-2. The van der Waals surface area contributed by atoms with Crippen LogP contribution < -0.4 is 68.9 Å². The quantitative estimate of drug-likeness (QED) is 0.170. The molecule has 56 valence electrons. The van der Waals surface area contributed by atoms with Crippen molar-refractivity contribution < 1.29 is 78.0 Å². The van der Waals surface area contributed by atoms with Crippen molar-refractivity contribution in [1.29, 1.82) is 0 Å². The first-order valence-corrected chi connectivity index (χ1v) is 5.27. The summed E-state index contributed by atoms with van der Waals surface area (Å²) in [5.41, 5.74) is 0. The minimum Gasteiger partial charge on any atom is -0.790 e. The zero-order chi connectivity index (χ0) is 7.33. The molecule has 0 unspecified atom stereocenters. The summed E-state index contributed by atoms with van der Waals surface area (Å²) in [6.45, 7) is 0.00716. The zero-order valence-corrected chi connectivity index (χ0v) is 13.6. The fourth-order valence-corrected chi connectivity index (χ4v) is 0.895. The maximum atomic E-state index is 9.75. The van der Waals surface area contributed by atoms with Crippen LogP contribution in [0.4, 0.5) is 0 Å². The van der Waals surface area contributed by atoms with Crippen molar-refractivity contribution in [2.24, 2.45) is 0 Å².